The van der Waals surface area contributed by atoms with Gasteiger partial charge in [-0.1, -0.05) is 33.8 Å². The summed E-state index contributed by atoms with van der Waals surface area (Å²) in [6.45, 7) is 18.7. The molecule has 14 heteroatoms. The summed E-state index contributed by atoms with van der Waals surface area (Å²) in [5.41, 5.74) is -0.0530. The summed E-state index contributed by atoms with van der Waals surface area (Å²) in [5.74, 6) is 0.444. The Bertz CT molecular complexity index is 1000. The van der Waals surface area contributed by atoms with Gasteiger partial charge in [-0.3, -0.25) is 13.2 Å². The molecule has 0 spiro atoms. The Labute approximate surface area is 253 Å². The second kappa shape index (κ2) is 16.6. The molecule has 1 aromatic carbocycles. The topological polar surface area (TPSA) is 151 Å². The average molecular weight is 642 g/mol. The summed E-state index contributed by atoms with van der Waals surface area (Å²) in [5, 5.41) is 3.32. The van der Waals surface area contributed by atoms with E-state index < -0.39 is 43.3 Å². The maximum absolute atomic E-state index is 13.2. The molecular formula is C28H52NO11PS. The third kappa shape index (κ3) is 17.6. The van der Waals surface area contributed by atoms with Crippen molar-refractivity contribution >= 4 is 24.8 Å². The van der Waals surface area contributed by atoms with Crippen LogP contribution < -0.4 is 10.1 Å². The van der Waals surface area contributed by atoms with Gasteiger partial charge in [0.2, 0.25) is 0 Å². The monoisotopic (exact) mass is 641 g/mol. The lowest BCUT2D eigenvalue weighted by Crippen LogP contribution is -2.39. The third-order valence-electron chi connectivity index (χ3n) is 4.90. The molecule has 0 heterocycles. The number of ether oxygens (including phenoxy) is 3. The molecule has 0 aliphatic rings. The number of hydrogen-bond donors (Lipinski definition) is 3. The van der Waals surface area contributed by atoms with Gasteiger partial charge in [-0.2, -0.15) is 0 Å². The standard InChI is InChI=1S/C28H52NO11PS/c1-20(2)16-35-41(31,36-17-21(3)4)37-19-34-24-13-12-22(14-23(24)18-38-42(11,32)33)25(15-29-27(5,6)7)39-26(30)40-28(8,9)10/h12-14,20-21,25,29,32-33H,15-19H2,1-11H3. The zero-order valence-electron chi connectivity index (χ0n) is 26.9. The Morgan fingerprint density at radius 2 is 1.55 bits per heavy atom. The summed E-state index contributed by atoms with van der Waals surface area (Å²) >= 11 is 0. The van der Waals surface area contributed by atoms with E-state index in [0.717, 1.165) is 6.26 Å². The summed E-state index contributed by atoms with van der Waals surface area (Å²) in [4.78, 5) is 12.6. The van der Waals surface area contributed by atoms with Gasteiger partial charge in [-0.15, -0.1) is 0 Å². The van der Waals surface area contributed by atoms with E-state index >= 15 is 0 Å². The molecule has 0 bridgehead atoms. The molecule has 0 aliphatic carbocycles. The molecule has 3 N–H and O–H groups in total. The molecule has 246 valence electrons. The van der Waals surface area contributed by atoms with E-state index in [2.05, 4.69) is 5.32 Å². The van der Waals surface area contributed by atoms with Crippen molar-refractivity contribution in [2.75, 3.05) is 32.8 Å². The summed E-state index contributed by atoms with van der Waals surface area (Å²) < 4.78 is 71.2. The minimum absolute atomic E-state index is 0.0965. The summed E-state index contributed by atoms with van der Waals surface area (Å²) in [7, 11) is -7.22. The molecular weight excluding hydrogens is 589 g/mol. The van der Waals surface area contributed by atoms with Crippen molar-refractivity contribution in [2.45, 2.75) is 93.1 Å². The smallest absolute Gasteiger partial charge is 0.467 e. The maximum atomic E-state index is 13.2. The molecule has 0 aliphatic heterocycles. The lowest BCUT2D eigenvalue weighted by molar-refractivity contribution is -0.0282. The van der Waals surface area contributed by atoms with Gasteiger partial charge in [0.05, 0.1) is 30.7 Å². The Kier molecular flexibility index (Phi) is 15.3. The highest BCUT2D eigenvalue weighted by atomic mass is 32.3. The maximum Gasteiger partial charge on any atom is 0.509 e. The van der Waals surface area contributed by atoms with Gasteiger partial charge in [-0.25, -0.2) is 13.9 Å². The first kappa shape index (κ1) is 38.6. The van der Waals surface area contributed by atoms with Crippen LogP contribution in [0, 0.1) is 11.8 Å². The fourth-order valence-electron chi connectivity index (χ4n) is 2.99. The fourth-order valence-corrected chi connectivity index (χ4v) is 4.71. The van der Waals surface area contributed by atoms with Crippen molar-refractivity contribution < 1.29 is 50.4 Å². The van der Waals surface area contributed by atoms with Crippen LogP contribution in [0.1, 0.15) is 86.5 Å². The van der Waals surface area contributed by atoms with Gasteiger partial charge in [0, 0.05) is 23.9 Å². The normalized spacial score (nSPS) is 14.3. The Morgan fingerprint density at radius 1 is 0.976 bits per heavy atom. The van der Waals surface area contributed by atoms with Gasteiger partial charge in [0.15, 0.2) is 6.79 Å². The number of phosphoric acid groups is 1. The molecule has 0 amide bonds. The van der Waals surface area contributed by atoms with Crippen LogP contribution >= 0.6 is 18.7 Å². The van der Waals surface area contributed by atoms with Gasteiger partial charge >= 0.3 is 14.0 Å². The van der Waals surface area contributed by atoms with E-state index in [-0.39, 0.29) is 49.5 Å². The zero-order chi connectivity index (χ0) is 32.4. The van der Waals surface area contributed by atoms with E-state index in [1.807, 2.05) is 48.5 Å². The van der Waals surface area contributed by atoms with Crippen molar-refractivity contribution in [3.05, 3.63) is 29.3 Å². The number of rotatable bonds is 17. The number of carbonyl (C=O) groups excluding carboxylic acids is 1. The minimum atomic E-state index is -3.92. The Hall–Kier alpha value is -1.41. The van der Waals surface area contributed by atoms with Crippen LogP contribution in [0.2, 0.25) is 0 Å². The lowest BCUT2D eigenvalue weighted by atomic mass is 10.0. The van der Waals surface area contributed by atoms with E-state index in [9.17, 15) is 18.5 Å². The quantitative estimate of drug-likeness (QED) is 0.0869. The molecule has 0 saturated carbocycles. The first-order chi connectivity index (χ1) is 19.1. The Balaban J connectivity index is 3.26. The summed E-state index contributed by atoms with van der Waals surface area (Å²) in [6, 6.07) is 4.94. The molecule has 12 nitrogen and oxygen atoms in total. The SMILES string of the molecule is CC(C)COP(=O)(OCOc1ccc(C(CNC(C)(C)C)OC(=O)OC(C)(C)C)cc1COS(C)(O)O)OCC(C)C. The minimum Gasteiger partial charge on any atom is -0.467 e. The van der Waals surface area contributed by atoms with Gasteiger partial charge in [0.25, 0.3) is 0 Å². The van der Waals surface area contributed by atoms with Crippen molar-refractivity contribution in [3.8, 4) is 5.75 Å². The van der Waals surface area contributed by atoms with Crippen molar-refractivity contribution in [1.82, 2.24) is 5.32 Å². The molecule has 0 radical (unpaired) electrons. The molecule has 0 fully saturated rings. The van der Waals surface area contributed by atoms with Crippen molar-refractivity contribution in [2.24, 2.45) is 11.8 Å². The molecule has 1 unspecified atom stereocenters. The van der Waals surface area contributed by atoms with Crippen LogP contribution in [0.25, 0.3) is 0 Å². The second-order valence-corrected chi connectivity index (χ2v) is 16.2. The van der Waals surface area contributed by atoms with Crippen LogP contribution in [0.3, 0.4) is 0 Å². The van der Waals surface area contributed by atoms with E-state index in [0.29, 0.717) is 11.1 Å². The number of nitrogens with one attached hydrogen (secondary N) is 1. The molecule has 0 aromatic heterocycles. The van der Waals surface area contributed by atoms with Crippen molar-refractivity contribution in [1.29, 1.82) is 0 Å². The number of phosphoric ester groups is 1. The number of hydrogen-bond acceptors (Lipinski definition) is 12. The third-order valence-corrected chi connectivity index (χ3v) is 6.81. The van der Waals surface area contributed by atoms with Gasteiger partial charge in [0.1, 0.15) is 17.5 Å². The van der Waals surface area contributed by atoms with Crippen LogP contribution in [-0.2, 0) is 38.4 Å². The van der Waals surface area contributed by atoms with Crippen LogP contribution in [0.4, 0.5) is 4.79 Å². The van der Waals surface area contributed by atoms with E-state index in [1.54, 1.807) is 39.0 Å². The van der Waals surface area contributed by atoms with Gasteiger partial charge in [-0.05, 0) is 71.1 Å². The molecule has 42 heavy (non-hydrogen) atoms. The average Bonchev–Trinajstić information content (AvgIpc) is 2.81. The van der Waals surface area contributed by atoms with E-state index in [4.69, 9.17) is 32.0 Å². The Morgan fingerprint density at radius 3 is 2.02 bits per heavy atom. The lowest BCUT2D eigenvalue weighted by Gasteiger charge is -2.27. The predicted octanol–water partition coefficient (Wildman–Crippen LogP) is 7.69. The molecule has 1 rings (SSSR count). The summed E-state index contributed by atoms with van der Waals surface area (Å²) in [6.07, 6.45) is -0.452. The van der Waals surface area contributed by atoms with E-state index in [1.165, 1.54) is 0 Å². The predicted molar refractivity (Wildman–Crippen MR) is 164 cm³/mol. The fraction of sp³-hybridized carbons (Fsp3) is 0.750. The highest BCUT2D eigenvalue weighted by Gasteiger charge is 2.29. The van der Waals surface area contributed by atoms with Crippen LogP contribution in [-0.4, -0.2) is 59.2 Å². The van der Waals surface area contributed by atoms with Gasteiger partial charge < -0.3 is 28.6 Å². The zero-order valence-corrected chi connectivity index (χ0v) is 28.6. The second-order valence-electron chi connectivity index (χ2n) is 12.8. The van der Waals surface area contributed by atoms with Crippen molar-refractivity contribution in [3.63, 3.8) is 0 Å². The molecule has 1 aromatic rings. The van der Waals surface area contributed by atoms with Crippen LogP contribution in [0.5, 0.6) is 5.75 Å². The number of carbonyl (C=O) groups is 1. The largest absolute Gasteiger partial charge is 0.509 e. The first-order valence-corrected chi connectivity index (χ1v) is 17.2. The molecule has 1 atom stereocenters. The number of benzene rings is 1. The van der Waals surface area contributed by atoms with Crippen LogP contribution in [0.15, 0.2) is 18.2 Å². The highest BCUT2D eigenvalue weighted by molar-refractivity contribution is 8.19. The first-order valence-electron chi connectivity index (χ1n) is 13.9. The molecule has 0 saturated heterocycles. The highest BCUT2D eigenvalue weighted by Crippen LogP contribution is 2.50.